The van der Waals surface area contributed by atoms with E-state index in [4.69, 9.17) is 5.11 Å². The number of rotatable bonds is 7. The van der Waals surface area contributed by atoms with E-state index in [1.165, 1.54) is 41.1 Å². The van der Waals surface area contributed by atoms with Gasteiger partial charge in [0.25, 0.3) is 5.92 Å². The summed E-state index contributed by atoms with van der Waals surface area (Å²) in [5.41, 5.74) is 0.986. The summed E-state index contributed by atoms with van der Waals surface area (Å²) in [4.78, 5) is 0. The molecule has 10 heteroatoms. The number of alkyl halides is 5. The van der Waals surface area contributed by atoms with Gasteiger partial charge < -0.3 is 9.84 Å². The van der Waals surface area contributed by atoms with Crippen LogP contribution >= 0.6 is 0 Å². The van der Waals surface area contributed by atoms with Gasteiger partial charge in [0, 0.05) is 11.3 Å². The molecule has 0 unspecified atom stereocenters. The smallest absolute Gasteiger partial charge is 0.406 e. The van der Waals surface area contributed by atoms with Crippen molar-refractivity contribution < 1.29 is 36.2 Å². The van der Waals surface area contributed by atoms with Gasteiger partial charge in [-0.2, -0.15) is 13.9 Å². The maximum Gasteiger partial charge on any atom is 0.573 e. The molecule has 0 aliphatic heterocycles. The average molecular weight is 456 g/mol. The number of aryl methyl sites for hydroxylation is 1. The van der Waals surface area contributed by atoms with Gasteiger partial charge in [-0.3, -0.25) is 4.68 Å². The van der Waals surface area contributed by atoms with E-state index < -0.39 is 30.5 Å². The van der Waals surface area contributed by atoms with E-state index in [-0.39, 0.29) is 17.8 Å². The lowest BCUT2D eigenvalue weighted by molar-refractivity contribution is -0.274. The third-order valence-corrected chi connectivity index (χ3v) is 4.51. The van der Waals surface area contributed by atoms with E-state index in [9.17, 15) is 26.3 Å². The fourth-order valence-corrected chi connectivity index (χ4v) is 2.93. The Morgan fingerprint density at radius 2 is 1.75 bits per heavy atom. The molecule has 2 aromatic carbocycles. The number of aromatic nitrogens is 2. The Balaban J connectivity index is 1.77. The molecular formula is C22H18F6N2O2. The molecule has 0 radical (unpaired) electrons. The number of ether oxygens (including phenoxy) is 1. The number of benzene rings is 2. The highest BCUT2D eigenvalue weighted by Gasteiger charge is 2.31. The average Bonchev–Trinajstić information content (AvgIpc) is 3.09. The molecule has 170 valence electrons. The number of halogens is 6. The van der Waals surface area contributed by atoms with Crippen molar-refractivity contribution in [1.29, 1.82) is 0 Å². The second-order valence-corrected chi connectivity index (χ2v) is 7.00. The van der Waals surface area contributed by atoms with Crippen LogP contribution in [0.25, 0.3) is 11.9 Å². The van der Waals surface area contributed by atoms with Crippen molar-refractivity contribution in [1.82, 2.24) is 9.78 Å². The molecule has 3 aromatic rings. The van der Waals surface area contributed by atoms with Crippen LogP contribution < -0.4 is 4.74 Å². The van der Waals surface area contributed by atoms with Gasteiger partial charge in [-0.25, -0.2) is 4.39 Å². The van der Waals surface area contributed by atoms with E-state index in [0.717, 1.165) is 18.2 Å². The molecule has 1 aromatic heterocycles. The summed E-state index contributed by atoms with van der Waals surface area (Å²) < 4.78 is 83.9. The van der Waals surface area contributed by atoms with Crippen LogP contribution in [0.3, 0.4) is 0 Å². The maximum absolute atomic E-state index is 14.6. The highest BCUT2D eigenvalue weighted by atomic mass is 19.4. The molecule has 32 heavy (non-hydrogen) atoms. The van der Waals surface area contributed by atoms with Crippen LogP contribution in [0.1, 0.15) is 28.1 Å². The summed E-state index contributed by atoms with van der Waals surface area (Å²) in [5, 5.41) is 13.0. The molecular weight excluding hydrogens is 438 g/mol. The topological polar surface area (TPSA) is 47.3 Å². The predicted octanol–water partition coefficient (Wildman–Crippen LogP) is 5.69. The predicted molar refractivity (Wildman–Crippen MR) is 106 cm³/mol. The van der Waals surface area contributed by atoms with Gasteiger partial charge in [0.1, 0.15) is 18.1 Å². The summed E-state index contributed by atoms with van der Waals surface area (Å²) in [6.07, 6.45) is -3.72. The summed E-state index contributed by atoms with van der Waals surface area (Å²) >= 11 is 0. The van der Waals surface area contributed by atoms with Crippen molar-refractivity contribution in [2.45, 2.75) is 25.8 Å². The largest absolute Gasteiger partial charge is 0.573 e. The van der Waals surface area contributed by atoms with Crippen molar-refractivity contribution in [3.05, 3.63) is 82.7 Å². The lowest BCUT2D eigenvalue weighted by Gasteiger charge is -2.14. The molecule has 0 spiro atoms. The van der Waals surface area contributed by atoms with E-state index in [1.54, 1.807) is 13.0 Å². The van der Waals surface area contributed by atoms with Crippen molar-refractivity contribution in [2.75, 3.05) is 6.61 Å². The number of hydrogen-bond acceptors (Lipinski definition) is 3. The maximum atomic E-state index is 14.6. The van der Waals surface area contributed by atoms with Crippen LogP contribution in [0, 0.1) is 6.92 Å². The normalized spacial score (nSPS) is 12.8. The summed E-state index contributed by atoms with van der Waals surface area (Å²) in [6.45, 7) is 0.442. The highest BCUT2D eigenvalue weighted by Crippen LogP contribution is 2.28. The number of hydrogen-bond donors (Lipinski definition) is 1. The second kappa shape index (κ2) is 9.07. The molecule has 0 amide bonds. The SMILES string of the molecule is Cc1cc(/C(F)=C/c2ccc(OC(F)(F)F)cc2)nn1Cc1cccc(C(F)(F)CO)c1. The van der Waals surface area contributed by atoms with E-state index >= 15 is 0 Å². The molecule has 0 aliphatic rings. The van der Waals surface area contributed by atoms with Crippen LogP contribution in [-0.2, 0) is 12.5 Å². The zero-order valence-electron chi connectivity index (χ0n) is 16.7. The van der Waals surface area contributed by atoms with Crippen molar-refractivity contribution in [2.24, 2.45) is 0 Å². The molecule has 4 nitrogen and oxygen atoms in total. The molecule has 0 bridgehead atoms. The van der Waals surface area contributed by atoms with E-state index in [1.807, 2.05) is 0 Å². The zero-order chi connectivity index (χ0) is 23.5. The summed E-state index contributed by atoms with van der Waals surface area (Å²) in [7, 11) is 0. The minimum absolute atomic E-state index is 0.0186. The van der Waals surface area contributed by atoms with Gasteiger partial charge in [-0.05, 0) is 48.4 Å². The number of aliphatic hydroxyl groups is 1. The van der Waals surface area contributed by atoms with Crippen molar-refractivity contribution >= 4 is 11.9 Å². The van der Waals surface area contributed by atoms with Crippen LogP contribution in [0.15, 0.2) is 54.6 Å². The molecule has 0 aliphatic carbocycles. The number of aliphatic hydroxyl groups excluding tert-OH is 1. The minimum atomic E-state index is -4.82. The molecule has 0 fully saturated rings. The third kappa shape index (κ3) is 5.91. The van der Waals surface area contributed by atoms with Gasteiger partial charge in [0.05, 0.1) is 6.54 Å². The van der Waals surface area contributed by atoms with Crippen molar-refractivity contribution in [3.63, 3.8) is 0 Å². The lowest BCUT2D eigenvalue weighted by atomic mass is 10.1. The summed E-state index contributed by atoms with van der Waals surface area (Å²) in [5.74, 6) is -4.53. The van der Waals surface area contributed by atoms with Crippen LogP contribution in [0.2, 0.25) is 0 Å². The standard InChI is InChI=1S/C22H18F6N2O2/c1-14-9-20(19(23)11-15-5-7-18(8-6-15)32-22(26,27)28)29-30(14)12-16-3-2-4-17(10-16)21(24,25)13-31/h2-11,31H,12-13H2,1H3/b19-11-. The van der Waals surface area contributed by atoms with Gasteiger partial charge in [0.2, 0.25) is 0 Å². The first-order valence-corrected chi connectivity index (χ1v) is 9.33. The van der Waals surface area contributed by atoms with Gasteiger partial charge in [-0.1, -0.05) is 30.3 Å². The van der Waals surface area contributed by atoms with Gasteiger partial charge in [-0.15, -0.1) is 13.2 Å². The zero-order valence-corrected chi connectivity index (χ0v) is 16.7. The minimum Gasteiger partial charge on any atom is -0.406 e. The summed E-state index contributed by atoms with van der Waals surface area (Å²) in [6, 6.07) is 11.6. The fraction of sp³-hybridized carbons (Fsp3) is 0.227. The van der Waals surface area contributed by atoms with Crippen LogP contribution in [0.5, 0.6) is 5.75 Å². The Morgan fingerprint density at radius 1 is 1.06 bits per heavy atom. The highest BCUT2D eigenvalue weighted by molar-refractivity contribution is 5.75. The molecule has 1 heterocycles. The Hall–Kier alpha value is -3.27. The molecule has 0 saturated carbocycles. The Labute approximate surface area is 179 Å². The Bertz CT molecular complexity index is 1100. The number of nitrogens with zero attached hydrogens (tertiary/aromatic N) is 2. The van der Waals surface area contributed by atoms with Gasteiger partial charge in [0.15, 0.2) is 5.83 Å². The first-order valence-electron chi connectivity index (χ1n) is 9.33. The quantitative estimate of drug-likeness (QED) is 0.465. The molecule has 3 rings (SSSR count). The molecule has 1 N–H and O–H groups in total. The van der Waals surface area contributed by atoms with Gasteiger partial charge >= 0.3 is 6.36 Å². The molecule has 0 saturated heterocycles. The van der Waals surface area contributed by atoms with Crippen LogP contribution in [-0.4, -0.2) is 27.9 Å². The Morgan fingerprint density at radius 3 is 2.38 bits per heavy atom. The fourth-order valence-electron chi connectivity index (χ4n) is 2.93. The third-order valence-electron chi connectivity index (χ3n) is 4.51. The van der Waals surface area contributed by atoms with E-state index in [0.29, 0.717) is 16.8 Å². The van der Waals surface area contributed by atoms with Crippen molar-refractivity contribution in [3.8, 4) is 5.75 Å². The monoisotopic (exact) mass is 456 g/mol. The van der Waals surface area contributed by atoms with E-state index in [2.05, 4.69) is 9.84 Å². The first-order chi connectivity index (χ1) is 15.0. The molecule has 0 atom stereocenters. The lowest BCUT2D eigenvalue weighted by Crippen LogP contribution is -2.18. The first kappa shape index (κ1) is 23.4. The van der Waals surface area contributed by atoms with Crippen LogP contribution in [0.4, 0.5) is 26.3 Å². The second-order valence-electron chi connectivity index (χ2n) is 7.00. The Kier molecular flexibility index (Phi) is 6.63.